The summed E-state index contributed by atoms with van der Waals surface area (Å²) >= 11 is 0. The van der Waals surface area contributed by atoms with Gasteiger partial charge in [0.15, 0.2) is 0 Å². The van der Waals surface area contributed by atoms with Gasteiger partial charge in [-0.25, -0.2) is 0 Å². The van der Waals surface area contributed by atoms with E-state index in [0.717, 1.165) is 25.2 Å². The first-order chi connectivity index (χ1) is 15.2. The normalized spacial score (nSPS) is 45.5. The van der Waals surface area contributed by atoms with Crippen LogP contribution in [0.4, 0.5) is 0 Å². The average molecular weight is 457 g/mol. The summed E-state index contributed by atoms with van der Waals surface area (Å²) in [4.78, 5) is 40.8. The first-order valence-electron chi connectivity index (χ1n) is 13.8. The van der Waals surface area contributed by atoms with Crippen molar-refractivity contribution >= 4 is 17.3 Å². The number of hydrogen-bond donors (Lipinski definition) is 0. The van der Waals surface area contributed by atoms with Crippen molar-refractivity contribution in [3.8, 4) is 0 Å². The van der Waals surface area contributed by atoms with Crippen molar-refractivity contribution in [2.45, 2.75) is 113 Å². The van der Waals surface area contributed by atoms with Gasteiger partial charge in [0.05, 0.1) is 0 Å². The highest BCUT2D eigenvalue weighted by Gasteiger charge is 2.72. The van der Waals surface area contributed by atoms with Gasteiger partial charge < -0.3 is 0 Å². The lowest BCUT2D eigenvalue weighted by Crippen LogP contribution is -2.66. The lowest BCUT2D eigenvalue weighted by molar-refractivity contribution is -0.191. The fraction of sp³-hybridized carbons (Fsp3) is 0.900. The second kappa shape index (κ2) is 8.02. The van der Waals surface area contributed by atoms with Gasteiger partial charge in [0.2, 0.25) is 0 Å². The van der Waals surface area contributed by atoms with Gasteiger partial charge in [0.1, 0.15) is 17.3 Å². The third-order valence-corrected chi connectivity index (χ3v) is 11.9. The van der Waals surface area contributed by atoms with E-state index in [0.29, 0.717) is 36.9 Å². The molecule has 8 atom stereocenters. The van der Waals surface area contributed by atoms with E-state index in [1.807, 2.05) is 13.8 Å². The van der Waals surface area contributed by atoms with E-state index in [-0.39, 0.29) is 45.6 Å². The molecular formula is C30H48O3. The zero-order chi connectivity index (χ0) is 24.6. The van der Waals surface area contributed by atoms with Gasteiger partial charge >= 0.3 is 0 Å². The van der Waals surface area contributed by atoms with E-state index in [1.165, 1.54) is 19.3 Å². The second-order valence-electron chi connectivity index (χ2n) is 14.3. The number of hydrogen-bond acceptors (Lipinski definition) is 3. The molecule has 4 rings (SSSR count). The molecule has 0 aromatic carbocycles. The molecule has 0 spiro atoms. The van der Waals surface area contributed by atoms with Crippen LogP contribution < -0.4 is 0 Å². The molecule has 0 bridgehead atoms. The molecule has 4 fully saturated rings. The van der Waals surface area contributed by atoms with Crippen molar-refractivity contribution in [2.24, 2.45) is 57.2 Å². The molecule has 0 heterocycles. The summed E-state index contributed by atoms with van der Waals surface area (Å²) in [5.41, 5.74) is -0.961. The number of Topliss-reactive ketones (excluding diaryl/α,β-unsaturated/α-hetero) is 3. The maximum atomic E-state index is 14.1. The molecule has 4 saturated carbocycles. The largest absolute Gasteiger partial charge is 0.299 e. The summed E-state index contributed by atoms with van der Waals surface area (Å²) in [6.45, 7) is 18.0. The van der Waals surface area contributed by atoms with Gasteiger partial charge in [-0.2, -0.15) is 0 Å². The van der Waals surface area contributed by atoms with Crippen molar-refractivity contribution < 1.29 is 14.4 Å². The zero-order valence-corrected chi connectivity index (χ0v) is 22.6. The summed E-state index contributed by atoms with van der Waals surface area (Å²) < 4.78 is 0. The van der Waals surface area contributed by atoms with Crippen LogP contribution in [0, 0.1) is 57.2 Å². The highest BCUT2D eigenvalue weighted by molar-refractivity contribution is 5.96. The molecule has 4 aliphatic carbocycles. The SMILES string of the molecule is CC(C)CCC[C@@H](C)C1CC[C@@]2(C)[C@@H]3C(=O)C[C@H]4C(C)(C)C(=O)CC[C@]4(C)[C@H]3C(=O)C[C@]12C. The molecule has 33 heavy (non-hydrogen) atoms. The first kappa shape index (κ1) is 25.1. The molecule has 186 valence electrons. The fourth-order valence-corrected chi connectivity index (χ4v) is 9.69. The van der Waals surface area contributed by atoms with Gasteiger partial charge in [-0.1, -0.05) is 74.7 Å². The van der Waals surface area contributed by atoms with Crippen LogP contribution >= 0.6 is 0 Å². The summed E-state index contributed by atoms with van der Waals surface area (Å²) in [5, 5.41) is 0. The molecule has 0 aliphatic heterocycles. The van der Waals surface area contributed by atoms with E-state index >= 15 is 0 Å². The van der Waals surface area contributed by atoms with Gasteiger partial charge in [-0.15, -0.1) is 0 Å². The number of rotatable bonds is 5. The van der Waals surface area contributed by atoms with Crippen LogP contribution in [0.5, 0.6) is 0 Å². The molecular weight excluding hydrogens is 408 g/mol. The highest BCUT2D eigenvalue weighted by Crippen LogP contribution is 2.73. The van der Waals surface area contributed by atoms with E-state index in [2.05, 4.69) is 41.5 Å². The van der Waals surface area contributed by atoms with Crippen LogP contribution in [0.3, 0.4) is 0 Å². The summed E-state index contributed by atoms with van der Waals surface area (Å²) in [7, 11) is 0. The molecule has 1 unspecified atom stereocenters. The Morgan fingerprint density at radius 2 is 1.52 bits per heavy atom. The second-order valence-corrected chi connectivity index (χ2v) is 14.3. The van der Waals surface area contributed by atoms with Crippen LogP contribution in [0.15, 0.2) is 0 Å². The Hall–Kier alpha value is -0.990. The molecule has 3 nitrogen and oxygen atoms in total. The van der Waals surface area contributed by atoms with Crippen LogP contribution in [0.1, 0.15) is 113 Å². The Kier molecular flexibility index (Phi) is 6.10. The lowest BCUT2D eigenvalue weighted by Gasteiger charge is -2.64. The van der Waals surface area contributed by atoms with E-state index in [1.54, 1.807) is 0 Å². The van der Waals surface area contributed by atoms with Crippen molar-refractivity contribution in [1.29, 1.82) is 0 Å². The molecule has 0 aromatic rings. The van der Waals surface area contributed by atoms with Crippen molar-refractivity contribution in [1.82, 2.24) is 0 Å². The molecule has 0 saturated heterocycles. The number of carbonyl (C=O) groups is 3. The molecule has 3 heteroatoms. The quantitative estimate of drug-likeness (QED) is 0.445. The van der Waals surface area contributed by atoms with E-state index in [9.17, 15) is 14.4 Å². The summed E-state index contributed by atoms with van der Waals surface area (Å²) in [6.07, 6.45) is 8.36. The average Bonchev–Trinajstić information content (AvgIpc) is 2.97. The topological polar surface area (TPSA) is 51.2 Å². The molecule has 4 aliphatic rings. The van der Waals surface area contributed by atoms with Crippen LogP contribution in [0.2, 0.25) is 0 Å². The Morgan fingerprint density at radius 1 is 0.848 bits per heavy atom. The van der Waals surface area contributed by atoms with Crippen LogP contribution in [-0.2, 0) is 14.4 Å². The number of carbonyl (C=O) groups excluding carboxylic acids is 3. The van der Waals surface area contributed by atoms with Crippen molar-refractivity contribution in [2.75, 3.05) is 0 Å². The predicted molar refractivity (Wildman–Crippen MR) is 133 cm³/mol. The van der Waals surface area contributed by atoms with Gasteiger partial charge in [0.25, 0.3) is 0 Å². The monoisotopic (exact) mass is 456 g/mol. The van der Waals surface area contributed by atoms with Gasteiger partial charge in [-0.05, 0) is 59.2 Å². The number of ketones is 3. The first-order valence-corrected chi connectivity index (χ1v) is 13.8. The maximum Gasteiger partial charge on any atom is 0.138 e. The Bertz CT molecular complexity index is 839. The Morgan fingerprint density at radius 3 is 2.15 bits per heavy atom. The van der Waals surface area contributed by atoms with E-state index in [4.69, 9.17) is 0 Å². The lowest BCUT2D eigenvalue weighted by atomic mass is 9.37. The summed E-state index contributed by atoms with van der Waals surface area (Å²) in [5.74, 6) is 2.34. The van der Waals surface area contributed by atoms with Crippen molar-refractivity contribution in [3.05, 3.63) is 0 Å². The maximum absolute atomic E-state index is 14.1. The molecule has 0 N–H and O–H groups in total. The third-order valence-electron chi connectivity index (χ3n) is 11.9. The summed E-state index contributed by atoms with van der Waals surface area (Å²) in [6, 6.07) is 0. The zero-order valence-electron chi connectivity index (χ0n) is 22.6. The minimum absolute atomic E-state index is 0.0101. The van der Waals surface area contributed by atoms with E-state index < -0.39 is 5.41 Å². The third kappa shape index (κ3) is 3.45. The Labute approximate surface area is 202 Å². The Balaban J connectivity index is 1.68. The smallest absolute Gasteiger partial charge is 0.138 e. The van der Waals surface area contributed by atoms with Crippen LogP contribution in [0.25, 0.3) is 0 Å². The predicted octanol–water partition coefficient (Wildman–Crippen LogP) is 7.06. The minimum atomic E-state index is -0.515. The van der Waals surface area contributed by atoms with Gasteiger partial charge in [0, 0.05) is 36.5 Å². The number of fused-ring (bicyclic) bond motifs is 5. The van der Waals surface area contributed by atoms with Crippen molar-refractivity contribution in [3.63, 3.8) is 0 Å². The highest BCUT2D eigenvalue weighted by atomic mass is 16.1. The standard InChI is InChI=1S/C30H48O3/c1-18(2)10-9-11-19(3)20-12-15-29(7)26-21(31)16-23-27(4,5)24(33)13-14-28(23,6)25(26)22(32)17-30(20,29)8/h18-20,23,25-26H,9-17H2,1-8H3/t19-,20?,23+,25+,26-,28+,29+,30-/m1/s1. The minimum Gasteiger partial charge on any atom is -0.299 e. The molecule has 0 amide bonds. The fourth-order valence-electron chi connectivity index (χ4n) is 9.69. The molecule has 0 aromatic heterocycles. The van der Waals surface area contributed by atoms with Crippen LogP contribution in [-0.4, -0.2) is 17.3 Å². The van der Waals surface area contributed by atoms with Gasteiger partial charge in [-0.3, -0.25) is 14.4 Å². The molecule has 0 radical (unpaired) electrons.